The highest BCUT2D eigenvalue weighted by molar-refractivity contribution is 5.11. The van der Waals surface area contributed by atoms with Crippen LogP contribution in [0, 0.1) is 0 Å². The van der Waals surface area contributed by atoms with Gasteiger partial charge in [-0.25, -0.2) is 4.98 Å². The van der Waals surface area contributed by atoms with Crippen LogP contribution in [0.15, 0.2) is 48.8 Å². The van der Waals surface area contributed by atoms with E-state index in [1.807, 2.05) is 36.5 Å². The SMILES string of the molecule is c1ccc(CN2CCO[C@H]3[C@H](Oc4ccccn4)CC[C@@H]32)nc1. The average Bonchev–Trinajstić information content (AvgIpc) is 3.01. The Morgan fingerprint density at radius 1 is 1.09 bits per heavy atom. The summed E-state index contributed by atoms with van der Waals surface area (Å²) in [5.74, 6) is 0.684. The van der Waals surface area contributed by atoms with Crippen molar-refractivity contribution in [3.05, 3.63) is 54.5 Å². The topological polar surface area (TPSA) is 47.5 Å². The van der Waals surface area contributed by atoms with E-state index in [0.29, 0.717) is 11.9 Å². The molecule has 3 heterocycles. The van der Waals surface area contributed by atoms with E-state index in [4.69, 9.17) is 9.47 Å². The number of fused-ring (bicyclic) bond motifs is 1. The molecule has 5 nitrogen and oxygen atoms in total. The molecule has 1 aliphatic carbocycles. The Morgan fingerprint density at radius 2 is 1.96 bits per heavy atom. The molecule has 0 aromatic carbocycles. The van der Waals surface area contributed by atoms with Crippen molar-refractivity contribution in [3.8, 4) is 5.88 Å². The van der Waals surface area contributed by atoms with Crippen molar-refractivity contribution in [1.82, 2.24) is 14.9 Å². The maximum Gasteiger partial charge on any atom is 0.213 e. The van der Waals surface area contributed by atoms with Gasteiger partial charge in [0.25, 0.3) is 0 Å². The van der Waals surface area contributed by atoms with Gasteiger partial charge in [0, 0.05) is 37.6 Å². The summed E-state index contributed by atoms with van der Waals surface area (Å²) in [4.78, 5) is 11.2. The summed E-state index contributed by atoms with van der Waals surface area (Å²) < 4.78 is 12.1. The van der Waals surface area contributed by atoms with Gasteiger partial charge >= 0.3 is 0 Å². The normalized spacial score (nSPS) is 27.6. The summed E-state index contributed by atoms with van der Waals surface area (Å²) in [6.07, 6.45) is 5.92. The lowest BCUT2D eigenvalue weighted by atomic mass is 10.1. The summed E-state index contributed by atoms with van der Waals surface area (Å²) in [5, 5.41) is 0. The van der Waals surface area contributed by atoms with Gasteiger partial charge in [0.15, 0.2) is 0 Å². The molecule has 0 N–H and O–H groups in total. The minimum atomic E-state index is 0.0847. The van der Waals surface area contributed by atoms with Crippen LogP contribution in [0.2, 0.25) is 0 Å². The molecule has 4 rings (SSSR count). The highest BCUT2D eigenvalue weighted by Crippen LogP contribution is 2.33. The van der Waals surface area contributed by atoms with Gasteiger partial charge in [0.05, 0.1) is 12.3 Å². The van der Waals surface area contributed by atoms with Crippen molar-refractivity contribution in [1.29, 1.82) is 0 Å². The number of rotatable bonds is 4. The summed E-state index contributed by atoms with van der Waals surface area (Å²) in [7, 11) is 0. The second-order valence-electron chi connectivity index (χ2n) is 6.10. The molecule has 0 amide bonds. The van der Waals surface area contributed by atoms with Crippen molar-refractivity contribution in [3.63, 3.8) is 0 Å². The fourth-order valence-electron chi connectivity index (χ4n) is 3.59. The van der Waals surface area contributed by atoms with Gasteiger partial charge in [-0.2, -0.15) is 0 Å². The molecule has 1 saturated carbocycles. The molecular weight excluding hydrogens is 290 g/mol. The third kappa shape index (κ3) is 3.21. The van der Waals surface area contributed by atoms with E-state index in [-0.39, 0.29) is 12.2 Å². The van der Waals surface area contributed by atoms with E-state index >= 15 is 0 Å². The second-order valence-corrected chi connectivity index (χ2v) is 6.10. The fraction of sp³-hybridized carbons (Fsp3) is 0.444. The van der Waals surface area contributed by atoms with Crippen molar-refractivity contribution in [2.24, 2.45) is 0 Å². The van der Waals surface area contributed by atoms with Gasteiger partial charge in [-0.05, 0) is 31.0 Å². The van der Waals surface area contributed by atoms with Crippen LogP contribution in [0.5, 0.6) is 5.88 Å². The van der Waals surface area contributed by atoms with Crippen LogP contribution in [0.4, 0.5) is 0 Å². The number of nitrogens with zero attached hydrogens (tertiary/aromatic N) is 3. The first-order valence-corrected chi connectivity index (χ1v) is 8.23. The van der Waals surface area contributed by atoms with Gasteiger partial charge in [-0.15, -0.1) is 0 Å². The lowest BCUT2D eigenvalue weighted by Crippen LogP contribution is -2.51. The van der Waals surface area contributed by atoms with E-state index in [2.05, 4.69) is 20.9 Å². The Kier molecular flexibility index (Phi) is 4.22. The highest BCUT2D eigenvalue weighted by atomic mass is 16.5. The van der Waals surface area contributed by atoms with E-state index in [0.717, 1.165) is 38.2 Å². The molecule has 0 spiro atoms. The minimum absolute atomic E-state index is 0.0847. The van der Waals surface area contributed by atoms with Crippen LogP contribution in [-0.4, -0.2) is 46.3 Å². The van der Waals surface area contributed by atoms with Gasteiger partial charge in [0.2, 0.25) is 5.88 Å². The van der Waals surface area contributed by atoms with Crippen molar-refractivity contribution in [2.75, 3.05) is 13.2 Å². The lowest BCUT2D eigenvalue weighted by molar-refractivity contribution is -0.0925. The molecule has 23 heavy (non-hydrogen) atoms. The van der Waals surface area contributed by atoms with Crippen LogP contribution in [0.1, 0.15) is 18.5 Å². The van der Waals surface area contributed by atoms with Crippen molar-refractivity contribution < 1.29 is 9.47 Å². The third-order valence-corrected chi connectivity index (χ3v) is 4.65. The minimum Gasteiger partial charge on any atom is -0.472 e. The van der Waals surface area contributed by atoms with Gasteiger partial charge < -0.3 is 9.47 Å². The zero-order chi connectivity index (χ0) is 15.5. The summed E-state index contributed by atoms with van der Waals surface area (Å²) in [6.45, 7) is 2.58. The second kappa shape index (κ2) is 6.64. The molecule has 0 bridgehead atoms. The number of hydrogen-bond acceptors (Lipinski definition) is 5. The van der Waals surface area contributed by atoms with Gasteiger partial charge in [0.1, 0.15) is 12.2 Å². The van der Waals surface area contributed by atoms with Gasteiger partial charge in [-0.1, -0.05) is 12.1 Å². The molecular formula is C18H21N3O2. The molecule has 120 valence electrons. The molecule has 2 aromatic rings. The van der Waals surface area contributed by atoms with Crippen LogP contribution in [0.3, 0.4) is 0 Å². The zero-order valence-electron chi connectivity index (χ0n) is 13.0. The third-order valence-electron chi connectivity index (χ3n) is 4.65. The Bertz CT molecular complexity index is 623. The van der Waals surface area contributed by atoms with E-state index in [1.54, 1.807) is 6.20 Å². The molecule has 3 atom stereocenters. The predicted octanol–water partition coefficient (Wildman–Crippen LogP) is 2.29. The summed E-state index contributed by atoms with van der Waals surface area (Å²) in [5.41, 5.74) is 1.11. The smallest absolute Gasteiger partial charge is 0.213 e. The van der Waals surface area contributed by atoms with Crippen LogP contribution in [0.25, 0.3) is 0 Å². The van der Waals surface area contributed by atoms with Crippen molar-refractivity contribution >= 4 is 0 Å². The van der Waals surface area contributed by atoms with E-state index in [9.17, 15) is 0 Å². The summed E-state index contributed by atoms with van der Waals surface area (Å²) >= 11 is 0. The monoisotopic (exact) mass is 311 g/mol. The molecule has 2 aromatic heterocycles. The average molecular weight is 311 g/mol. The number of morpholine rings is 1. The number of aromatic nitrogens is 2. The Balaban J connectivity index is 1.44. The van der Waals surface area contributed by atoms with Gasteiger partial charge in [-0.3, -0.25) is 9.88 Å². The first-order chi connectivity index (χ1) is 11.4. The summed E-state index contributed by atoms with van der Waals surface area (Å²) in [6, 6.07) is 12.2. The molecule has 0 unspecified atom stereocenters. The fourth-order valence-corrected chi connectivity index (χ4v) is 3.59. The lowest BCUT2D eigenvalue weighted by Gasteiger charge is -2.38. The number of hydrogen-bond donors (Lipinski definition) is 0. The molecule has 0 radical (unpaired) electrons. The van der Waals surface area contributed by atoms with Crippen LogP contribution in [-0.2, 0) is 11.3 Å². The Hall–Kier alpha value is -1.98. The maximum absolute atomic E-state index is 6.06. The Labute approximate surface area is 136 Å². The first kappa shape index (κ1) is 14.6. The standard InChI is InChI=1S/C18H21N3O2/c1-3-9-19-14(5-1)13-21-11-12-22-18-15(21)7-8-16(18)23-17-6-2-4-10-20-17/h1-6,9-10,15-16,18H,7-8,11-13H2/t15-,16+,18+/m0/s1. The maximum atomic E-state index is 6.06. The first-order valence-electron chi connectivity index (χ1n) is 8.23. The molecule has 2 fully saturated rings. The van der Waals surface area contributed by atoms with Crippen LogP contribution < -0.4 is 4.74 Å². The molecule has 1 saturated heterocycles. The highest BCUT2D eigenvalue weighted by Gasteiger charge is 2.44. The molecule has 5 heteroatoms. The van der Waals surface area contributed by atoms with Crippen LogP contribution >= 0.6 is 0 Å². The quantitative estimate of drug-likeness (QED) is 0.867. The largest absolute Gasteiger partial charge is 0.472 e. The van der Waals surface area contributed by atoms with E-state index in [1.165, 1.54) is 0 Å². The predicted molar refractivity (Wildman–Crippen MR) is 86.1 cm³/mol. The van der Waals surface area contributed by atoms with E-state index < -0.39 is 0 Å². The zero-order valence-corrected chi connectivity index (χ0v) is 13.0. The Morgan fingerprint density at radius 3 is 2.74 bits per heavy atom. The molecule has 2 aliphatic rings. The number of ether oxygens (including phenoxy) is 2. The number of pyridine rings is 2. The van der Waals surface area contributed by atoms with Crippen molar-refractivity contribution in [2.45, 2.75) is 37.6 Å². The molecule has 1 aliphatic heterocycles.